The second-order valence-electron chi connectivity index (χ2n) is 4.45. The van der Waals surface area contributed by atoms with Gasteiger partial charge in [-0.1, -0.05) is 22.5 Å². The summed E-state index contributed by atoms with van der Waals surface area (Å²) in [5.41, 5.74) is 6.55. The molecule has 0 aliphatic rings. The van der Waals surface area contributed by atoms with Crippen molar-refractivity contribution in [1.82, 2.24) is 10.9 Å². The van der Waals surface area contributed by atoms with Crippen molar-refractivity contribution < 1.29 is 14.6 Å². The Hall–Kier alpha value is -2.47. The molecule has 6 heteroatoms. The summed E-state index contributed by atoms with van der Waals surface area (Å²) in [4.78, 5) is 12.0. The fraction of sp³-hybridized carbons (Fsp3) is 0.0625. The lowest BCUT2D eigenvalue weighted by Gasteiger charge is -2.13. The Morgan fingerprint density at radius 1 is 1.18 bits per heavy atom. The lowest BCUT2D eigenvalue weighted by Crippen LogP contribution is -2.35. The summed E-state index contributed by atoms with van der Waals surface area (Å²) in [6.07, 6.45) is 0. The zero-order valence-corrected chi connectivity index (χ0v) is 13.5. The number of halogens is 1. The van der Waals surface area contributed by atoms with Crippen LogP contribution < -0.4 is 15.6 Å². The van der Waals surface area contributed by atoms with Crippen LogP contribution in [-0.4, -0.2) is 18.1 Å². The molecule has 0 radical (unpaired) electrons. The van der Waals surface area contributed by atoms with Crippen molar-refractivity contribution in [2.24, 2.45) is 0 Å². The quantitative estimate of drug-likeness (QED) is 0.714. The van der Waals surface area contributed by atoms with E-state index in [1.54, 1.807) is 36.4 Å². The Balaban J connectivity index is 2.00. The summed E-state index contributed by atoms with van der Waals surface area (Å²) in [5, 5.41) is 9.91. The second kappa shape index (κ2) is 7.00. The maximum Gasteiger partial charge on any atom is 0.269 e. The van der Waals surface area contributed by atoms with Crippen LogP contribution in [0.25, 0.3) is 5.70 Å². The zero-order chi connectivity index (χ0) is 16.1. The molecule has 22 heavy (non-hydrogen) atoms. The molecule has 2 rings (SSSR count). The number of nitrogens with one attached hydrogen (secondary N) is 2. The molecule has 2 aromatic rings. The fourth-order valence-corrected chi connectivity index (χ4v) is 2.03. The Kier molecular flexibility index (Phi) is 5.06. The first-order valence-corrected chi connectivity index (χ1v) is 7.19. The summed E-state index contributed by atoms with van der Waals surface area (Å²) in [7, 11) is 1.51. The number of carbonyl (C=O) groups excluding carboxylic acids is 1. The average molecular weight is 363 g/mol. The minimum atomic E-state index is -0.304. The van der Waals surface area contributed by atoms with E-state index in [1.807, 2.05) is 0 Å². The number of aromatic hydroxyl groups is 1. The molecule has 0 fully saturated rings. The van der Waals surface area contributed by atoms with Crippen LogP contribution in [0.1, 0.15) is 15.9 Å². The summed E-state index contributed by atoms with van der Waals surface area (Å²) in [5.74, 6) is 0.240. The summed E-state index contributed by atoms with van der Waals surface area (Å²) in [6, 6.07) is 11.7. The standard InChI is InChI=1S/C16H15BrN2O3/c1-10(14-8-7-13(22-2)9-15(14)20)18-19-16(21)11-3-5-12(17)6-4-11/h3-9,18,20H,1H2,2H3,(H,19,21). The molecule has 0 bridgehead atoms. The van der Waals surface area contributed by atoms with Crippen LogP contribution in [0.15, 0.2) is 53.5 Å². The number of rotatable bonds is 5. The molecular formula is C16H15BrN2O3. The number of benzene rings is 2. The lowest BCUT2D eigenvalue weighted by molar-refractivity contribution is 0.0942. The van der Waals surface area contributed by atoms with Gasteiger partial charge in [-0.2, -0.15) is 0 Å². The number of phenolic OH excluding ortho intramolecular Hbond substituents is 1. The van der Waals surface area contributed by atoms with Crippen molar-refractivity contribution in [3.05, 3.63) is 64.6 Å². The number of methoxy groups -OCH3 is 1. The van der Waals surface area contributed by atoms with Gasteiger partial charge >= 0.3 is 0 Å². The molecule has 0 heterocycles. The molecule has 0 atom stereocenters. The van der Waals surface area contributed by atoms with Crippen molar-refractivity contribution in [3.63, 3.8) is 0 Å². The summed E-state index contributed by atoms with van der Waals surface area (Å²) < 4.78 is 5.90. The molecule has 0 unspecified atom stereocenters. The highest BCUT2D eigenvalue weighted by atomic mass is 79.9. The minimum absolute atomic E-state index is 0.00902. The van der Waals surface area contributed by atoms with Crippen molar-refractivity contribution in [1.29, 1.82) is 0 Å². The molecule has 114 valence electrons. The molecule has 0 saturated heterocycles. The normalized spacial score (nSPS) is 9.91. The van der Waals surface area contributed by atoms with Crippen LogP contribution in [0.4, 0.5) is 0 Å². The number of amides is 1. The zero-order valence-electron chi connectivity index (χ0n) is 11.9. The van der Waals surface area contributed by atoms with Gasteiger partial charge in [0, 0.05) is 21.7 Å². The molecule has 0 spiro atoms. The Morgan fingerprint density at radius 2 is 1.86 bits per heavy atom. The Bertz CT molecular complexity index is 699. The van der Waals surface area contributed by atoms with Gasteiger partial charge in [0.2, 0.25) is 0 Å². The van der Waals surface area contributed by atoms with E-state index in [0.29, 0.717) is 22.6 Å². The first-order chi connectivity index (χ1) is 10.5. The van der Waals surface area contributed by atoms with Gasteiger partial charge in [0.1, 0.15) is 11.5 Å². The largest absolute Gasteiger partial charge is 0.507 e. The molecule has 0 saturated carbocycles. The molecular weight excluding hydrogens is 348 g/mol. The molecule has 0 aliphatic carbocycles. The third kappa shape index (κ3) is 3.79. The van der Waals surface area contributed by atoms with Crippen molar-refractivity contribution in [3.8, 4) is 11.5 Å². The third-order valence-electron chi connectivity index (χ3n) is 2.96. The number of hydrazine groups is 1. The first kappa shape index (κ1) is 15.9. The van der Waals surface area contributed by atoms with E-state index in [4.69, 9.17) is 4.74 Å². The van der Waals surface area contributed by atoms with Crippen molar-refractivity contribution >= 4 is 27.5 Å². The van der Waals surface area contributed by atoms with Gasteiger partial charge in [-0.3, -0.25) is 15.6 Å². The van der Waals surface area contributed by atoms with Crippen LogP contribution in [-0.2, 0) is 0 Å². The van der Waals surface area contributed by atoms with Crippen LogP contribution in [0.5, 0.6) is 11.5 Å². The number of carbonyl (C=O) groups is 1. The maximum atomic E-state index is 12.0. The van der Waals surface area contributed by atoms with E-state index in [9.17, 15) is 9.90 Å². The Labute approximate surface area is 136 Å². The van der Waals surface area contributed by atoms with Crippen molar-refractivity contribution in [2.75, 3.05) is 7.11 Å². The Morgan fingerprint density at radius 3 is 2.45 bits per heavy atom. The van der Waals surface area contributed by atoms with E-state index in [0.717, 1.165) is 4.47 Å². The van der Waals surface area contributed by atoms with Gasteiger partial charge in [0.25, 0.3) is 5.91 Å². The smallest absolute Gasteiger partial charge is 0.269 e. The fourth-order valence-electron chi connectivity index (χ4n) is 1.77. The van der Waals surface area contributed by atoms with Gasteiger partial charge < -0.3 is 9.84 Å². The van der Waals surface area contributed by atoms with Gasteiger partial charge in [0.15, 0.2) is 0 Å². The second-order valence-corrected chi connectivity index (χ2v) is 5.36. The molecule has 0 aliphatic heterocycles. The van der Waals surface area contributed by atoms with E-state index >= 15 is 0 Å². The predicted octanol–water partition coefficient (Wildman–Crippen LogP) is 3.07. The van der Waals surface area contributed by atoms with Crippen LogP contribution in [0.2, 0.25) is 0 Å². The third-order valence-corrected chi connectivity index (χ3v) is 3.49. The van der Waals surface area contributed by atoms with E-state index in [1.165, 1.54) is 13.2 Å². The van der Waals surface area contributed by atoms with Gasteiger partial charge in [-0.05, 0) is 36.4 Å². The monoisotopic (exact) mass is 362 g/mol. The molecule has 1 amide bonds. The summed E-state index contributed by atoms with van der Waals surface area (Å²) >= 11 is 3.31. The number of phenols is 1. The van der Waals surface area contributed by atoms with E-state index in [-0.39, 0.29) is 11.7 Å². The molecule has 0 aromatic heterocycles. The van der Waals surface area contributed by atoms with Crippen molar-refractivity contribution in [2.45, 2.75) is 0 Å². The highest BCUT2D eigenvalue weighted by Crippen LogP contribution is 2.26. The molecule has 3 N–H and O–H groups in total. The van der Waals surface area contributed by atoms with Gasteiger partial charge in [0.05, 0.1) is 12.8 Å². The number of hydrogen-bond acceptors (Lipinski definition) is 4. The SMILES string of the molecule is C=C(NNC(=O)c1ccc(Br)cc1)c1ccc(OC)cc1O. The highest BCUT2D eigenvalue weighted by molar-refractivity contribution is 9.10. The predicted molar refractivity (Wildman–Crippen MR) is 88.4 cm³/mol. The average Bonchev–Trinajstić information content (AvgIpc) is 2.52. The first-order valence-electron chi connectivity index (χ1n) is 6.39. The lowest BCUT2D eigenvalue weighted by atomic mass is 10.1. The van der Waals surface area contributed by atoms with Crippen LogP contribution in [0, 0.1) is 0 Å². The van der Waals surface area contributed by atoms with Crippen LogP contribution >= 0.6 is 15.9 Å². The van der Waals surface area contributed by atoms with E-state index in [2.05, 4.69) is 33.4 Å². The van der Waals surface area contributed by atoms with Gasteiger partial charge in [-0.15, -0.1) is 0 Å². The highest BCUT2D eigenvalue weighted by Gasteiger charge is 2.09. The molecule has 2 aromatic carbocycles. The molecule has 5 nitrogen and oxygen atoms in total. The topological polar surface area (TPSA) is 70.6 Å². The maximum absolute atomic E-state index is 12.0. The number of ether oxygens (including phenoxy) is 1. The number of hydrogen-bond donors (Lipinski definition) is 3. The van der Waals surface area contributed by atoms with Gasteiger partial charge in [-0.25, -0.2) is 0 Å². The van der Waals surface area contributed by atoms with E-state index < -0.39 is 0 Å². The summed E-state index contributed by atoms with van der Waals surface area (Å²) in [6.45, 7) is 3.79. The minimum Gasteiger partial charge on any atom is -0.507 e. The van der Waals surface area contributed by atoms with Crippen LogP contribution in [0.3, 0.4) is 0 Å².